The van der Waals surface area contributed by atoms with Crippen LogP contribution in [0.3, 0.4) is 0 Å². The topological polar surface area (TPSA) is 41.5 Å². The Morgan fingerprint density at radius 2 is 2.11 bits per heavy atom. The van der Waals surface area contributed by atoms with E-state index in [2.05, 4.69) is 5.32 Å². The van der Waals surface area contributed by atoms with Crippen molar-refractivity contribution >= 4 is 11.6 Å². The highest BCUT2D eigenvalue weighted by Crippen LogP contribution is 2.22. The number of unbranched alkanes of at least 4 members (excludes halogenated alkanes) is 2. The van der Waals surface area contributed by atoms with Crippen molar-refractivity contribution in [2.24, 2.45) is 0 Å². The SMILES string of the molecule is CCOc1ccc(Cl)cc1CNCCCCCO. The first-order valence-electron chi connectivity index (χ1n) is 6.50. The van der Waals surface area contributed by atoms with Gasteiger partial charge in [-0.25, -0.2) is 0 Å². The minimum absolute atomic E-state index is 0.281. The van der Waals surface area contributed by atoms with Crippen LogP contribution in [0.4, 0.5) is 0 Å². The predicted octanol–water partition coefficient (Wildman–Crippen LogP) is 2.99. The van der Waals surface area contributed by atoms with Gasteiger partial charge in [-0.1, -0.05) is 11.6 Å². The Hall–Kier alpha value is -0.770. The molecule has 0 saturated heterocycles. The lowest BCUT2D eigenvalue weighted by atomic mass is 10.2. The third kappa shape index (κ3) is 5.71. The Bertz CT molecular complexity index is 345. The van der Waals surface area contributed by atoms with Gasteiger partial charge in [0, 0.05) is 23.7 Å². The highest BCUT2D eigenvalue weighted by atomic mass is 35.5. The Kier molecular flexibility index (Phi) is 7.81. The first-order chi connectivity index (χ1) is 8.77. The second-order valence-corrected chi connectivity index (χ2v) is 4.58. The summed E-state index contributed by atoms with van der Waals surface area (Å²) < 4.78 is 5.56. The molecule has 0 aliphatic heterocycles. The van der Waals surface area contributed by atoms with E-state index in [1.54, 1.807) is 0 Å². The van der Waals surface area contributed by atoms with Crippen molar-refractivity contribution in [2.75, 3.05) is 19.8 Å². The van der Waals surface area contributed by atoms with Gasteiger partial charge in [-0.2, -0.15) is 0 Å². The van der Waals surface area contributed by atoms with Gasteiger partial charge < -0.3 is 15.2 Å². The van der Waals surface area contributed by atoms with Crippen molar-refractivity contribution in [1.29, 1.82) is 0 Å². The number of nitrogens with one attached hydrogen (secondary N) is 1. The van der Waals surface area contributed by atoms with Crippen molar-refractivity contribution in [3.05, 3.63) is 28.8 Å². The summed E-state index contributed by atoms with van der Waals surface area (Å²) in [5, 5.41) is 12.8. The molecule has 0 spiro atoms. The fourth-order valence-electron chi connectivity index (χ4n) is 1.74. The standard InChI is InChI=1S/C14H22ClNO2/c1-2-18-14-7-6-13(15)10-12(14)11-16-8-4-3-5-9-17/h6-7,10,16-17H,2-5,8-9,11H2,1H3. The van der Waals surface area contributed by atoms with E-state index >= 15 is 0 Å². The Morgan fingerprint density at radius 3 is 2.83 bits per heavy atom. The zero-order chi connectivity index (χ0) is 13.2. The average Bonchev–Trinajstić information content (AvgIpc) is 2.37. The maximum Gasteiger partial charge on any atom is 0.123 e. The molecule has 0 aliphatic rings. The monoisotopic (exact) mass is 271 g/mol. The van der Waals surface area contributed by atoms with Crippen molar-refractivity contribution in [1.82, 2.24) is 5.32 Å². The summed E-state index contributed by atoms with van der Waals surface area (Å²) in [6, 6.07) is 5.69. The maximum absolute atomic E-state index is 8.68. The van der Waals surface area contributed by atoms with Crippen LogP contribution in [0, 0.1) is 0 Å². The molecule has 3 nitrogen and oxygen atoms in total. The van der Waals surface area contributed by atoms with Crippen molar-refractivity contribution in [3.8, 4) is 5.75 Å². The molecule has 2 N–H and O–H groups in total. The molecule has 0 bridgehead atoms. The number of benzene rings is 1. The lowest BCUT2D eigenvalue weighted by Gasteiger charge is -2.11. The highest BCUT2D eigenvalue weighted by molar-refractivity contribution is 6.30. The summed E-state index contributed by atoms with van der Waals surface area (Å²) in [6.45, 7) is 4.61. The van der Waals surface area contributed by atoms with Crippen LogP contribution in [0.2, 0.25) is 5.02 Å². The van der Waals surface area contributed by atoms with Crippen LogP contribution in [-0.2, 0) is 6.54 Å². The Labute approximate surface area is 114 Å². The van der Waals surface area contributed by atoms with Gasteiger partial charge >= 0.3 is 0 Å². The van der Waals surface area contributed by atoms with Gasteiger partial charge in [-0.15, -0.1) is 0 Å². The second kappa shape index (κ2) is 9.20. The lowest BCUT2D eigenvalue weighted by Crippen LogP contribution is -2.15. The Morgan fingerprint density at radius 1 is 1.28 bits per heavy atom. The first kappa shape index (κ1) is 15.3. The van der Waals surface area contributed by atoms with Crippen molar-refractivity contribution < 1.29 is 9.84 Å². The first-order valence-corrected chi connectivity index (χ1v) is 6.88. The van der Waals surface area contributed by atoms with Crippen LogP contribution in [0.25, 0.3) is 0 Å². The molecule has 0 aromatic heterocycles. The van der Waals surface area contributed by atoms with Gasteiger partial charge in [0.15, 0.2) is 0 Å². The van der Waals surface area contributed by atoms with E-state index in [0.717, 1.165) is 48.7 Å². The molecular formula is C14H22ClNO2. The lowest BCUT2D eigenvalue weighted by molar-refractivity contribution is 0.283. The molecule has 0 unspecified atom stereocenters. The number of ether oxygens (including phenoxy) is 1. The maximum atomic E-state index is 8.68. The molecule has 0 radical (unpaired) electrons. The zero-order valence-electron chi connectivity index (χ0n) is 10.9. The van der Waals surface area contributed by atoms with Gasteiger partial charge in [-0.05, 0) is 50.9 Å². The molecule has 102 valence electrons. The molecule has 0 amide bonds. The summed E-state index contributed by atoms with van der Waals surface area (Å²) in [6.07, 6.45) is 3.01. The fourth-order valence-corrected chi connectivity index (χ4v) is 1.94. The third-order valence-corrected chi connectivity index (χ3v) is 2.88. The second-order valence-electron chi connectivity index (χ2n) is 4.15. The zero-order valence-corrected chi connectivity index (χ0v) is 11.7. The third-order valence-electron chi connectivity index (χ3n) is 2.65. The summed E-state index contributed by atoms with van der Waals surface area (Å²) in [5.41, 5.74) is 1.09. The van der Waals surface area contributed by atoms with Crippen LogP contribution in [0.1, 0.15) is 31.7 Å². The normalized spacial score (nSPS) is 10.6. The van der Waals surface area contributed by atoms with Crippen LogP contribution in [-0.4, -0.2) is 24.9 Å². The molecule has 18 heavy (non-hydrogen) atoms. The van der Waals surface area contributed by atoms with Crippen LogP contribution in [0.5, 0.6) is 5.75 Å². The Balaban J connectivity index is 2.37. The minimum Gasteiger partial charge on any atom is -0.494 e. The molecule has 0 saturated carbocycles. The molecule has 0 atom stereocenters. The van der Waals surface area contributed by atoms with E-state index in [1.165, 1.54) is 0 Å². The molecule has 1 aromatic carbocycles. The van der Waals surface area contributed by atoms with Gasteiger partial charge in [0.25, 0.3) is 0 Å². The van der Waals surface area contributed by atoms with Crippen molar-refractivity contribution in [2.45, 2.75) is 32.7 Å². The predicted molar refractivity (Wildman–Crippen MR) is 75.3 cm³/mol. The molecular weight excluding hydrogens is 250 g/mol. The number of rotatable bonds is 9. The van der Waals surface area contributed by atoms with E-state index in [0.29, 0.717) is 6.61 Å². The van der Waals surface area contributed by atoms with Crippen LogP contribution in [0.15, 0.2) is 18.2 Å². The van der Waals surface area contributed by atoms with Gasteiger partial charge in [-0.3, -0.25) is 0 Å². The van der Waals surface area contributed by atoms with Gasteiger partial charge in [0.2, 0.25) is 0 Å². The molecule has 1 aromatic rings. The largest absolute Gasteiger partial charge is 0.494 e. The fraction of sp³-hybridized carbons (Fsp3) is 0.571. The molecule has 0 aliphatic carbocycles. The number of halogens is 1. The van der Waals surface area contributed by atoms with E-state index in [-0.39, 0.29) is 6.61 Å². The number of hydrogen-bond donors (Lipinski definition) is 2. The number of aliphatic hydroxyl groups excluding tert-OH is 1. The summed E-state index contributed by atoms with van der Waals surface area (Å²) in [7, 11) is 0. The summed E-state index contributed by atoms with van der Waals surface area (Å²) >= 11 is 5.99. The average molecular weight is 272 g/mol. The van der Waals surface area contributed by atoms with Crippen LogP contribution < -0.4 is 10.1 Å². The molecule has 0 heterocycles. The summed E-state index contributed by atoms with van der Waals surface area (Å²) in [5.74, 6) is 0.893. The summed E-state index contributed by atoms with van der Waals surface area (Å²) in [4.78, 5) is 0. The van der Waals surface area contributed by atoms with E-state index < -0.39 is 0 Å². The molecule has 1 rings (SSSR count). The molecule has 4 heteroatoms. The number of hydrogen-bond acceptors (Lipinski definition) is 3. The number of aliphatic hydroxyl groups is 1. The highest BCUT2D eigenvalue weighted by Gasteiger charge is 2.03. The van der Waals surface area contributed by atoms with Gasteiger partial charge in [0.05, 0.1) is 6.61 Å². The minimum atomic E-state index is 0.281. The quantitative estimate of drug-likeness (QED) is 0.679. The van der Waals surface area contributed by atoms with E-state index in [1.807, 2.05) is 25.1 Å². The van der Waals surface area contributed by atoms with E-state index in [9.17, 15) is 0 Å². The van der Waals surface area contributed by atoms with E-state index in [4.69, 9.17) is 21.4 Å². The smallest absolute Gasteiger partial charge is 0.123 e. The van der Waals surface area contributed by atoms with Gasteiger partial charge in [0.1, 0.15) is 5.75 Å². The molecule has 0 fully saturated rings. The van der Waals surface area contributed by atoms with Crippen LogP contribution >= 0.6 is 11.6 Å². The van der Waals surface area contributed by atoms with Crippen molar-refractivity contribution in [3.63, 3.8) is 0 Å².